The quantitative estimate of drug-likeness (QED) is 0.723. The SMILES string of the molecule is COCCCNc1ccccc1C(C)C. The molecule has 2 nitrogen and oxygen atoms in total. The Balaban J connectivity index is 2.52. The van der Waals surface area contributed by atoms with Crippen molar-refractivity contribution in [2.24, 2.45) is 0 Å². The van der Waals surface area contributed by atoms with Crippen LogP contribution in [0.25, 0.3) is 0 Å². The average molecular weight is 207 g/mol. The van der Waals surface area contributed by atoms with Crippen LogP contribution in [0.1, 0.15) is 31.7 Å². The fraction of sp³-hybridized carbons (Fsp3) is 0.538. The van der Waals surface area contributed by atoms with Gasteiger partial charge in [-0.1, -0.05) is 32.0 Å². The van der Waals surface area contributed by atoms with E-state index in [0.717, 1.165) is 19.6 Å². The first kappa shape index (κ1) is 12.1. The fourth-order valence-corrected chi connectivity index (χ4v) is 1.60. The highest BCUT2D eigenvalue weighted by Crippen LogP contribution is 2.23. The molecule has 1 N–H and O–H groups in total. The first-order valence-electron chi connectivity index (χ1n) is 5.57. The van der Waals surface area contributed by atoms with Gasteiger partial charge in [0.15, 0.2) is 0 Å². The lowest BCUT2D eigenvalue weighted by molar-refractivity contribution is 0.198. The van der Waals surface area contributed by atoms with Crippen molar-refractivity contribution >= 4 is 5.69 Å². The van der Waals surface area contributed by atoms with Gasteiger partial charge in [-0.15, -0.1) is 0 Å². The number of methoxy groups -OCH3 is 1. The highest BCUT2D eigenvalue weighted by atomic mass is 16.5. The minimum absolute atomic E-state index is 0.566. The predicted octanol–water partition coefficient (Wildman–Crippen LogP) is 3.26. The first-order chi connectivity index (χ1) is 7.25. The van der Waals surface area contributed by atoms with Gasteiger partial charge in [-0.25, -0.2) is 0 Å². The Morgan fingerprint density at radius 1 is 1.27 bits per heavy atom. The summed E-state index contributed by atoms with van der Waals surface area (Å²) in [5.74, 6) is 0.566. The van der Waals surface area contributed by atoms with Gasteiger partial charge in [0.25, 0.3) is 0 Å². The third-order valence-corrected chi connectivity index (χ3v) is 2.42. The Labute approximate surface area is 92.6 Å². The number of rotatable bonds is 6. The zero-order valence-corrected chi connectivity index (χ0v) is 9.92. The monoisotopic (exact) mass is 207 g/mol. The van der Waals surface area contributed by atoms with E-state index in [2.05, 4.69) is 43.4 Å². The molecule has 0 heterocycles. The Morgan fingerprint density at radius 2 is 2.00 bits per heavy atom. The summed E-state index contributed by atoms with van der Waals surface area (Å²) < 4.78 is 5.02. The molecule has 0 bridgehead atoms. The molecule has 0 fully saturated rings. The van der Waals surface area contributed by atoms with Crippen LogP contribution in [0.4, 0.5) is 5.69 Å². The maximum atomic E-state index is 5.02. The zero-order valence-electron chi connectivity index (χ0n) is 9.92. The minimum atomic E-state index is 0.566. The third-order valence-electron chi connectivity index (χ3n) is 2.42. The van der Waals surface area contributed by atoms with E-state index in [1.54, 1.807) is 7.11 Å². The van der Waals surface area contributed by atoms with Crippen LogP contribution in [-0.2, 0) is 4.74 Å². The van der Waals surface area contributed by atoms with Crippen molar-refractivity contribution < 1.29 is 4.74 Å². The number of para-hydroxylation sites is 1. The second kappa shape index (κ2) is 6.46. The van der Waals surface area contributed by atoms with Gasteiger partial charge in [-0.3, -0.25) is 0 Å². The standard InChI is InChI=1S/C13H21NO/c1-11(2)12-7-4-5-8-13(12)14-9-6-10-15-3/h4-5,7-8,11,14H,6,9-10H2,1-3H3. The van der Waals surface area contributed by atoms with E-state index in [0.29, 0.717) is 5.92 Å². The van der Waals surface area contributed by atoms with Crippen molar-refractivity contribution in [3.05, 3.63) is 29.8 Å². The molecule has 0 saturated heterocycles. The van der Waals surface area contributed by atoms with E-state index in [9.17, 15) is 0 Å². The van der Waals surface area contributed by atoms with E-state index < -0.39 is 0 Å². The fourth-order valence-electron chi connectivity index (χ4n) is 1.60. The summed E-state index contributed by atoms with van der Waals surface area (Å²) in [4.78, 5) is 0. The van der Waals surface area contributed by atoms with Gasteiger partial charge in [0.2, 0.25) is 0 Å². The topological polar surface area (TPSA) is 21.3 Å². The predicted molar refractivity (Wildman–Crippen MR) is 65.5 cm³/mol. The molecule has 0 aliphatic carbocycles. The maximum Gasteiger partial charge on any atom is 0.0479 e. The van der Waals surface area contributed by atoms with E-state index in [1.165, 1.54) is 11.3 Å². The number of hydrogen-bond acceptors (Lipinski definition) is 2. The van der Waals surface area contributed by atoms with Gasteiger partial charge in [-0.2, -0.15) is 0 Å². The molecule has 0 saturated carbocycles. The van der Waals surface area contributed by atoms with Gasteiger partial charge in [0.1, 0.15) is 0 Å². The Bertz CT molecular complexity index is 284. The number of nitrogens with one attached hydrogen (secondary N) is 1. The highest BCUT2D eigenvalue weighted by molar-refractivity contribution is 5.52. The summed E-state index contributed by atoms with van der Waals surface area (Å²) in [6, 6.07) is 8.49. The van der Waals surface area contributed by atoms with Crippen molar-refractivity contribution in [3.63, 3.8) is 0 Å². The maximum absolute atomic E-state index is 5.02. The molecular formula is C13H21NO. The van der Waals surface area contributed by atoms with Crippen LogP contribution in [0, 0.1) is 0 Å². The van der Waals surface area contributed by atoms with Gasteiger partial charge in [0, 0.05) is 25.9 Å². The highest BCUT2D eigenvalue weighted by Gasteiger charge is 2.04. The number of benzene rings is 1. The molecule has 0 aliphatic heterocycles. The molecule has 0 atom stereocenters. The largest absolute Gasteiger partial charge is 0.385 e. The number of anilines is 1. The summed E-state index contributed by atoms with van der Waals surface area (Å²) in [5.41, 5.74) is 2.64. The lowest BCUT2D eigenvalue weighted by Gasteiger charge is -2.14. The van der Waals surface area contributed by atoms with Crippen molar-refractivity contribution in [1.82, 2.24) is 0 Å². The lowest BCUT2D eigenvalue weighted by Crippen LogP contribution is -2.07. The molecule has 0 unspecified atom stereocenters. The van der Waals surface area contributed by atoms with Gasteiger partial charge >= 0.3 is 0 Å². The van der Waals surface area contributed by atoms with E-state index in [4.69, 9.17) is 4.74 Å². The van der Waals surface area contributed by atoms with Crippen LogP contribution in [0.2, 0.25) is 0 Å². The molecule has 0 spiro atoms. The van der Waals surface area contributed by atoms with Crippen LogP contribution >= 0.6 is 0 Å². The van der Waals surface area contributed by atoms with Crippen LogP contribution in [0.15, 0.2) is 24.3 Å². The molecule has 2 heteroatoms. The van der Waals surface area contributed by atoms with E-state index in [-0.39, 0.29) is 0 Å². The second-order valence-corrected chi connectivity index (χ2v) is 4.02. The molecule has 1 aromatic rings. The molecule has 0 radical (unpaired) electrons. The minimum Gasteiger partial charge on any atom is -0.385 e. The molecular weight excluding hydrogens is 186 g/mol. The summed E-state index contributed by atoms with van der Waals surface area (Å²) >= 11 is 0. The van der Waals surface area contributed by atoms with Crippen LogP contribution in [0.3, 0.4) is 0 Å². The van der Waals surface area contributed by atoms with Gasteiger partial charge in [0.05, 0.1) is 0 Å². The summed E-state index contributed by atoms with van der Waals surface area (Å²) in [6.07, 6.45) is 1.04. The van der Waals surface area contributed by atoms with Crippen molar-refractivity contribution in [3.8, 4) is 0 Å². The Kier molecular flexibility index (Phi) is 5.19. The van der Waals surface area contributed by atoms with E-state index >= 15 is 0 Å². The molecule has 15 heavy (non-hydrogen) atoms. The van der Waals surface area contributed by atoms with Crippen LogP contribution in [-0.4, -0.2) is 20.3 Å². The molecule has 0 amide bonds. The van der Waals surface area contributed by atoms with Gasteiger partial charge in [-0.05, 0) is 24.0 Å². The molecule has 0 aromatic heterocycles. The summed E-state index contributed by atoms with van der Waals surface area (Å²) in [5, 5.41) is 3.45. The first-order valence-corrected chi connectivity index (χ1v) is 5.57. The van der Waals surface area contributed by atoms with Crippen molar-refractivity contribution in [1.29, 1.82) is 0 Å². The third kappa shape index (κ3) is 3.92. The molecule has 1 rings (SSSR count). The van der Waals surface area contributed by atoms with Crippen LogP contribution < -0.4 is 5.32 Å². The lowest BCUT2D eigenvalue weighted by atomic mass is 10.0. The Hall–Kier alpha value is -1.02. The summed E-state index contributed by atoms with van der Waals surface area (Å²) in [7, 11) is 1.74. The average Bonchev–Trinajstić information content (AvgIpc) is 2.25. The summed E-state index contributed by atoms with van der Waals surface area (Å²) in [6.45, 7) is 6.22. The number of hydrogen-bond donors (Lipinski definition) is 1. The number of ether oxygens (including phenoxy) is 1. The van der Waals surface area contributed by atoms with Crippen molar-refractivity contribution in [2.75, 3.05) is 25.6 Å². The second-order valence-electron chi connectivity index (χ2n) is 4.02. The molecule has 0 aliphatic rings. The normalized spacial score (nSPS) is 10.7. The van der Waals surface area contributed by atoms with Crippen LogP contribution in [0.5, 0.6) is 0 Å². The molecule has 1 aromatic carbocycles. The van der Waals surface area contributed by atoms with E-state index in [1.807, 2.05) is 0 Å². The smallest absolute Gasteiger partial charge is 0.0479 e. The van der Waals surface area contributed by atoms with Crippen molar-refractivity contribution in [2.45, 2.75) is 26.2 Å². The Morgan fingerprint density at radius 3 is 2.67 bits per heavy atom. The zero-order chi connectivity index (χ0) is 11.1. The molecule has 84 valence electrons. The van der Waals surface area contributed by atoms with Gasteiger partial charge < -0.3 is 10.1 Å².